The second-order valence-electron chi connectivity index (χ2n) is 7.61. The molecule has 0 spiro atoms. The van der Waals surface area contributed by atoms with Crippen LogP contribution in [0.2, 0.25) is 0 Å². The van der Waals surface area contributed by atoms with E-state index in [0.29, 0.717) is 25.7 Å². The van der Waals surface area contributed by atoms with Crippen molar-refractivity contribution in [2.75, 3.05) is 46.7 Å². The summed E-state index contributed by atoms with van der Waals surface area (Å²) in [4.78, 5) is 0. The molecule has 1 aliphatic carbocycles. The predicted molar refractivity (Wildman–Crippen MR) is 117 cm³/mol. The largest absolute Gasteiger partial charge is 0.392 e. The molecule has 0 aromatic heterocycles. The highest BCUT2D eigenvalue weighted by Crippen LogP contribution is 2.18. The minimum Gasteiger partial charge on any atom is -0.392 e. The first-order valence-corrected chi connectivity index (χ1v) is 11.4. The van der Waals surface area contributed by atoms with E-state index >= 15 is 0 Å². The van der Waals surface area contributed by atoms with Gasteiger partial charge < -0.3 is 19.5 Å². The van der Waals surface area contributed by atoms with Gasteiger partial charge in [0.15, 0.2) is 0 Å². The molecule has 1 rings (SSSR count). The highest BCUT2D eigenvalue weighted by atomic mass is 16.5. The zero-order valence-electron chi connectivity index (χ0n) is 18.2. The smallest absolute Gasteiger partial charge is 0.0700 e. The number of rotatable bonds is 18. The SMILES string of the molecule is C=C(CCOCCOCCCCCOCCCCC1C#CCCCCC1)NC. The summed E-state index contributed by atoms with van der Waals surface area (Å²) in [5, 5.41) is 3.01. The number of hydrogen-bond donors (Lipinski definition) is 1. The molecule has 1 N–H and O–H groups in total. The third-order valence-corrected chi connectivity index (χ3v) is 5.10. The Balaban J connectivity index is 1.74. The van der Waals surface area contributed by atoms with E-state index in [9.17, 15) is 0 Å². The van der Waals surface area contributed by atoms with E-state index in [2.05, 4.69) is 23.7 Å². The molecule has 0 aromatic rings. The Labute approximate surface area is 173 Å². The van der Waals surface area contributed by atoms with Crippen LogP contribution in [0.4, 0.5) is 0 Å². The van der Waals surface area contributed by atoms with Crippen molar-refractivity contribution >= 4 is 0 Å². The molecule has 4 nitrogen and oxygen atoms in total. The van der Waals surface area contributed by atoms with E-state index in [1.54, 1.807) is 0 Å². The van der Waals surface area contributed by atoms with Crippen LogP contribution in [0.5, 0.6) is 0 Å². The van der Waals surface area contributed by atoms with Gasteiger partial charge in [-0.3, -0.25) is 0 Å². The molecule has 162 valence electrons. The minimum atomic E-state index is 0.638. The summed E-state index contributed by atoms with van der Waals surface area (Å²) in [6.45, 7) is 8.49. The number of ether oxygens (including phenoxy) is 3. The van der Waals surface area contributed by atoms with E-state index in [1.165, 1.54) is 51.4 Å². The highest BCUT2D eigenvalue weighted by molar-refractivity contribution is 5.04. The molecular formula is C24H43NO3. The zero-order valence-corrected chi connectivity index (χ0v) is 18.2. The third kappa shape index (κ3) is 16.0. The third-order valence-electron chi connectivity index (χ3n) is 5.10. The zero-order chi connectivity index (χ0) is 20.1. The molecular weight excluding hydrogens is 350 g/mol. The molecule has 1 unspecified atom stereocenters. The van der Waals surface area contributed by atoms with E-state index in [4.69, 9.17) is 14.2 Å². The summed E-state index contributed by atoms with van der Waals surface area (Å²) in [6.07, 6.45) is 14.3. The maximum atomic E-state index is 5.76. The predicted octanol–water partition coefficient (Wildman–Crippen LogP) is 5.08. The molecule has 0 saturated heterocycles. The number of nitrogens with one attached hydrogen (secondary N) is 1. The van der Waals surface area contributed by atoms with Gasteiger partial charge in [-0.2, -0.15) is 0 Å². The van der Waals surface area contributed by atoms with Crippen LogP contribution < -0.4 is 5.32 Å². The topological polar surface area (TPSA) is 39.7 Å². The fraction of sp³-hybridized carbons (Fsp3) is 0.833. The lowest BCUT2D eigenvalue weighted by atomic mass is 9.94. The summed E-state index contributed by atoms with van der Waals surface area (Å²) < 4.78 is 16.8. The summed E-state index contributed by atoms with van der Waals surface area (Å²) in [6, 6.07) is 0. The molecule has 0 heterocycles. The van der Waals surface area contributed by atoms with Crippen molar-refractivity contribution in [3.05, 3.63) is 12.3 Å². The summed E-state index contributed by atoms with van der Waals surface area (Å²) in [5.74, 6) is 7.44. The maximum Gasteiger partial charge on any atom is 0.0700 e. The van der Waals surface area contributed by atoms with Gasteiger partial charge in [0.25, 0.3) is 0 Å². The first-order valence-electron chi connectivity index (χ1n) is 11.4. The summed E-state index contributed by atoms with van der Waals surface area (Å²) in [7, 11) is 1.88. The van der Waals surface area contributed by atoms with Gasteiger partial charge in [-0.1, -0.05) is 25.3 Å². The van der Waals surface area contributed by atoms with Crippen LogP contribution in [0.3, 0.4) is 0 Å². The average Bonchev–Trinajstić information content (AvgIpc) is 2.68. The second kappa shape index (κ2) is 19.3. The van der Waals surface area contributed by atoms with Gasteiger partial charge >= 0.3 is 0 Å². The van der Waals surface area contributed by atoms with Crippen LogP contribution in [-0.2, 0) is 14.2 Å². The lowest BCUT2D eigenvalue weighted by molar-refractivity contribution is 0.0462. The Morgan fingerprint density at radius 1 is 0.857 bits per heavy atom. The van der Waals surface area contributed by atoms with Crippen LogP contribution in [0.25, 0.3) is 0 Å². The van der Waals surface area contributed by atoms with Gasteiger partial charge in [0.2, 0.25) is 0 Å². The van der Waals surface area contributed by atoms with Gasteiger partial charge in [0.1, 0.15) is 0 Å². The number of hydrogen-bond acceptors (Lipinski definition) is 4. The maximum absolute atomic E-state index is 5.76. The lowest BCUT2D eigenvalue weighted by Gasteiger charge is -2.12. The molecule has 4 heteroatoms. The standard InChI is InChI=1S/C24H43NO3/c1-23(25-2)16-20-28-22-21-27-18-11-6-10-17-26-19-12-9-15-24-13-7-4-3-5-8-14-24/h24-25H,1,3-7,9-13,15-22H2,2H3. The highest BCUT2D eigenvalue weighted by Gasteiger charge is 2.06. The van der Waals surface area contributed by atoms with Crippen molar-refractivity contribution in [1.29, 1.82) is 0 Å². The van der Waals surface area contributed by atoms with Gasteiger partial charge in [0, 0.05) is 51.3 Å². The van der Waals surface area contributed by atoms with Crippen molar-refractivity contribution in [2.24, 2.45) is 5.92 Å². The van der Waals surface area contributed by atoms with Crippen LogP contribution in [0.15, 0.2) is 12.3 Å². The molecule has 0 radical (unpaired) electrons. The Morgan fingerprint density at radius 2 is 1.54 bits per heavy atom. The first-order chi connectivity index (χ1) is 13.8. The summed E-state index contributed by atoms with van der Waals surface area (Å²) >= 11 is 0. The first kappa shape index (κ1) is 25.0. The van der Waals surface area contributed by atoms with E-state index in [-0.39, 0.29) is 0 Å². The van der Waals surface area contributed by atoms with Gasteiger partial charge in [0.05, 0.1) is 19.8 Å². The average molecular weight is 394 g/mol. The van der Waals surface area contributed by atoms with Gasteiger partial charge in [-0.25, -0.2) is 0 Å². The van der Waals surface area contributed by atoms with Gasteiger partial charge in [-0.15, -0.1) is 5.92 Å². The lowest BCUT2D eigenvalue weighted by Crippen LogP contribution is -2.10. The van der Waals surface area contributed by atoms with E-state index < -0.39 is 0 Å². The fourth-order valence-corrected chi connectivity index (χ4v) is 3.21. The molecule has 1 aliphatic rings. The second-order valence-corrected chi connectivity index (χ2v) is 7.61. The monoisotopic (exact) mass is 393 g/mol. The van der Waals surface area contributed by atoms with E-state index in [1.807, 2.05) is 7.05 Å². The molecule has 0 saturated carbocycles. The van der Waals surface area contributed by atoms with E-state index in [0.717, 1.165) is 51.2 Å². The Hall–Kier alpha value is -1.02. The molecule has 0 aromatic carbocycles. The van der Waals surface area contributed by atoms with Crippen molar-refractivity contribution in [3.63, 3.8) is 0 Å². The quantitative estimate of drug-likeness (QED) is 0.260. The minimum absolute atomic E-state index is 0.638. The Morgan fingerprint density at radius 3 is 2.29 bits per heavy atom. The fourth-order valence-electron chi connectivity index (χ4n) is 3.21. The Kier molecular flexibility index (Phi) is 17.2. The van der Waals surface area contributed by atoms with Crippen LogP contribution in [-0.4, -0.2) is 46.7 Å². The van der Waals surface area contributed by atoms with Crippen LogP contribution >= 0.6 is 0 Å². The van der Waals surface area contributed by atoms with Crippen molar-refractivity contribution in [3.8, 4) is 11.8 Å². The van der Waals surface area contributed by atoms with Crippen molar-refractivity contribution in [2.45, 2.75) is 77.0 Å². The molecule has 0 aliphatic heterocycles. The van der Waals surface area contributed by atoms with Crippen molar-refractivity contribution in [1.82, 2.24) is 5.32 Å². The van der Waals surface area contributed by atoms with Gasteiger partial charge in [-0.05, 0) is 51.4 Å². The Bertz CT molecular complexity index is 427. The normalized spacial score (nSPS) is 16.7. The van der Waals surface area contributed by atoms with Crippen LogP contribution in [0, 0.1) is 17.8 Å². The molecule has 1 atom stereocenters. The molecule has 0 fully saturated rings. The van der Waals surface area contributed by atoms with Crippen LogP contribution in [0.1, 0.15) is 77.0 Å². The molecule has 0 amide bonds. The molecule has 28 heavy (non-hydrogen) atoms. The molecule has 0 bridgehead atoms. The number of unbranched alkanes of at least 4 members (excludes halogenated alkanes) is 3. The van der Waals surface area contributed by atoms with Crippen molar-refractivity contribution < 1.29 is 14.2 Å². The summed E-state index contributed by atoms with van der Waals surface area (Å²) in [5.41, 5.74) is 1.01.